The number of nitrogens with zero attached hydrogens (tertiary/aromatic N) is 6. The van der Waals surface area contributed by atoms with Gasteiger partial charge in [0.25, 0.3) is 11.5 Å². The number of thiazole rings is 1. The van der Waals surface area contributed by atoms with E-state index in [1.807, 2.05) is 48.9 Å². The summed E-state index contributed by atoms with van der Waals surface area (Å²) < 4.78 is 15.7. The summed E-state index contributed by atoms with van der Waals surface area (Å²) >= 11 is 3.00. The van der Waals surface area contributed by atoms with Crippen LogP contribution in [0.15, 0.2) is 65.6 Å². The molecule has 6 heterocycles. The van der Waals surface area contributed by atoms with Crippen LogP contribution < -0.4 is 31.1 Å². The molecule has 15 heteroatoms. The van der Waals surface area contributed by atoms with Gasteiger partial charge in [0.05, 0.1) is 36.8 Å². The van der Waals surface area contributed by atoms with Crippen molar-refractivity contribution in [3.8, 4) is 5.75 Å². The van der Waals surface area contributed by atoms with Gasteiger partial charge in [0, 0.05) is 74.1 Å². The first-order chi connectivity index (χ1) is 29.8. The highest BCUT2D eigenvalue weighted by Gasteiger charge is 2.26. The molecule has 318 valence electrons. The molecule has 61 heavy (non-hydrogen) atoms. The molecule has 1 saturated heterocycles. The summed E-state index contributed by atoms with van der Waals surface area (Å²) in [4.78, 5) is 41.1. The zero-order valence-electron chi connectivity index (χ0n) is 35.3. The lowest BCUT2D eigenvalue weighted by Crippen LogP contribution is -2.50. The number of unbranched alkanes of at least 4 members (excludes halogenated alkanes) is 1. The molecule has 0 bridgehead atoms. The lowest BCUT2D eigenvalue weighted by atomic mass is 9.87. The molecule has 3 N–H and O–H groups in total. The Bertz CT molecular complexity index is 2770. The Morgan fingerprint density at radius 2 is 1.95 bits per heavy atom. The fraction of sp³-hybridized carbons (Fsp3) is 0.413. The summed E-state index contributed by atoms with van der Waals surface area (Å²) in [6, 6.07) is 19.3. The van der Waals surface area contributed by atoms with E-state index in [1.54, 1.807) is 13.3 Å². The first kappa shape index (κ1) is 41.0. The molecule has 2 aromatic carbocycles. The standard InChI is InChI=1S/C46H53N9O4S2/c1-5-32-26-54(19-18-47-32)34-15-13-30-22-33(14-12-31(30)23-34)51-44(56)42-39(36-16-11-28(2)50-45(36)61-42)48-17-6-7-20-59-27-38-52-43-41(60-38)37-24-49-55(46(57)40(37)53(43)3)25-29-9-8-10-35(21-29)58-4/h8-11,13,15-16,21,23-24,32-33,47-48H,5-7,12,14,17-20,22,25-27H2,1-4H3,(H,51,56)/t32-,33-/m0/s1. The number of rotatable bonds is 15. The fourth-order valence-electron chi connectivity index (χ4n) is 8.70. The number of hydrogen-bond acceptors (Lipinski definition) is 12. The molecule has 5 aromatic heterocycles. The van der Waals surface area contributed by atoms with Gasteiger partial charge in [0.2, 0.25) is 0 Å². The molecule has 13 nitrogen and oxygen atoms in total. The van der Waals surface area contributed by atoms with E-state index in [2.05, 4.69) is 57.1 Å². The minimum absolute atomic E-state index is 0.0405. The van der Waals surface area contributed by atoms with Crippen LogP contribution in [0.1, 0.15) is 69.7 Å². The van der Waals surface area contributed by atoms with Gasteiger partial charge in [-0.15, -0.1) is 22.7 Å². The monoisotopic (exact) mass is 859 g/mol. The summed E-state index contributed by atoms with van der Waals surface area (Å²) in [6.45, 7) is 9.34. The number of methoxy groups -OCH3 is 1. The van der Waals surface area contributed by atoms with E-state index < -0.39 is 0 Å². The highest BCUT2D eigenvalue weighted by Crippen LogP contribution is 2.36. The lowest BCUT2D eigenvalue weighted by Gasteiger charge is -2.36. The topological polar surface area (TPSA) is 140 Å². The van der Waals surface area contributed by atoms with Gasteiger partial charge in [-0.1, -0.05) is 25.1 Å². The molecular weight excluding hydrogens is 807 g/mol. The van der Waals surface area contributed by atoms with Crippen LogP contribution in [0.3, 0.4) is 0 Å². The Morgan fingerprint density at radius 1 is 1.05 bits per heavy atom. The van der Waals surface area contributed by atoms with Crippen molar-refractivity contribution >= 4 is 71.4 Å². The summed E-state index contributed by atoms with van der Waals surface area (Å²) in [5.74, 6) is 0.699. The average molecular weight is 860 g/mol. The zero-order chi connectivity index (χ0) is 42.0. The summed E-state index contributed by atoms with van der Waals surface area (Å²) in [7, 11) is 3.50. The second-order valence-electron chi connectivity index (χ2n) is 16.2. The van der Waals surface area contributed by atoms with Gasteiger partial charge in [-0.05, 0) is 98.5 Å². The van der Waals surface area contributed by atoms with Crippen LogP contribution in [0, 0.1) is 6.92 Å². The van der Waals surface area contributed by atoms with E-state index in [4.69, 9.17) is 19.4 Å². The quantitative estimate of drug-likeness (QED) is 0.0908. The molecule has 2 atom stereocenters. The third-order valence-corrected chi connectivity index (χ3v) is 14.2. The molecule has 1 aliphatic heterocycles. The van der Waals surface area contributed by atoms with E-state index >= 15 is 0 Å². The number of benzene rings is 2. The SMILES string of the molecule is CC[C@H]1CN(c2ccc3c(c2)CC[C@H](NC(=O)c2sc4nc(C)ccc4c2NCCCCOCc2nc4c(s2)c2cnn(Cc5cccc(OC)c5)c(=O)c2n4C)C3)CCN1. The summed E-state index contributed by atoms with van der Waals surface area (Å²) in [6.07, 6.45) is 7.32. The summed E-state index contributed by atoms with van der Waals surface area (Å²) in [5, 5.41) is 17.7. The van der Waals surface area contributed by atoms with Crippen molar-refractivity contribution in [1.29, 1.82) is 0 Å². The van der Waals surface area contributed by atoms with Crippen molar-refractivity contribution in [2.45, 2.75) is 77.6 Å². The van der Waals surface area contributed by atoms with Gasteiger partial charge < -0.3 is 34.9 Å². The molecule has 9 rings (SSSR count). The molecule has 2 aliphatic rings. The molecule has 1 amide bonds. The normalized spacial score (nSPS) is 16.7. The minimum atomic E-state index is -0.158. The van der Waals surface area contributed by atoms with E-state index in [0.717, 1.165) is 112 Å². The van der Waals surface area contributed by atoms with Crippen LogP contribution in [0.25, 0.3) is 31.5 Å². The number of ether oxygens (including phenoxy) is 2. The Morgan fingerprint density at radius 3 is 2.82 bits per heavy atom. The number of aromatic nitrogens is 5. The van der Waals surface area contributed by atoms with E-state index in [0.29, 0.717) is 42.7 Å². The number of aryl methyl sites for hydroxylation is 3. The van der Waals surface area contributed by atoms with Crippen molar-refractivity contribution in [2.24, 2.45) is 7.05 Å². The van der Waals surface area contributed by atoms with E-state index in [-0.39, 0.29) is 17.5 Å². The van der Waals surface area contributed by atoms with Gasteiger partial charge in [-0.3, -0.25) is 9.59 Å². The third-order valence-electron chi connectivity index (χ3n) is 12.0. The largest absolute Gasteiger partial charge is 0.497 e. The van der Waals surface area contributed by atoms with E-state index in [1.165, 1.54) is 44.2 Å². The number of fused-ring (bicyclic) bond motifs is 5. The van der Waals surface area contributed by atoms with Crippen molar-refractivity contribution in [2.75, 3.05) is 50.1 Å². The number of nitrogens with one attached hydrogen (secondary N) is 3. The average Bonchev–Trinajstić information content (AvgIpc) is 3.95. The highest BCUT2D eigenvalue weighted by atomic mass is 32.1. The Labute approximate surface area is 363 Å². The number of anilines is 2. The van der Waals surface area contributed by atoms with Crippen LogP contribution in [-0.4, -0.2) is 82.2 Å². The first-order valence-corrected chi connectivity index (χ1v) is 23.0. The second kappa shape index (κ2) is 17.9. The maximum Gasteiger partial charge on any atom is 0.291 e. The lowest BCUT2D eigenvalue weighted by molar-refractivity contribution is 0.0938. The van der Waals surface area contributed by atoms with Gasteiger partial charge in [0.1, 0.15) is 26.0 Å². The third kappa shape index (κ3) is 8.61. The van der Waals surface area contributed by atoms with Crippen LogP contribution in [0.5, 0.6) is 5.75 Å². The van der Waals surface area contributed by atoms with Gasteiger partial charge in [-0.25, -0.2) is 14.6 Å². The Kier molecular flexibility index (Phi) is 12.1. The predicted molar refractivity (Wildman–Crippen MR) is 246 cm³/mol. The van der Waals surface area contributed by atoms with Crippen molar-refractivity contribution < 1.29 is 14.3 Å². The van der Waals surface area contributed by atoms with E-state index in [9.17, 15) is 9.59 Å². The van der Waals surface area contributed by atoms with Crippen molar-refractivity contribution in [1.82, 2.24) is 34.9 Å². The molecule has 7 aromatic rings. The molecule has 1 fully saturated rings. The van der Waals surface area contributed by atoms with Crippen molar-refractivity contribution in [3.63, 3.8) is 0 Å². The number of piperazine rings is 1. The molecule has 1 aliphatic carbocycles. The zero-order valence-corrected chi connectivity index (χ0v) is 36.9. The predicted octanol–water partition coefficient (Wildman–Crippen LogP) is 7.20. The van der Waals surface area contributed by atoms with Gasteiger partial charge in [0.15, 0.2) is 5.65 Å². The highest BCUT2D eigenvalue weighted by molar-refractivity contribution is 7.21. The van der Waals surface area contributed by atoms with Crippen LogP contribution in [-0.2, 0) is 37.8 Å². The molecule has 0 saturated carbocycles. The molecule has 0 spiro atoms. The number of hydrogen-bond donors (Lipinski definition) is 3. The number of carbonyl (C=O) groups is 1. The Balaban J connectivity index is 0.782. The first-order valence-electron chi connectivity index (χ1n) is 21.4. The number of carbonyl (C=O) groups excluding carboxylic acids is 1. The molecule has 0 radical (unpaired) electrons. The molecule has 0 unspecified atom stereocenters. The van der Waals surface area contributed by atoms with Gasteiger partial charge in [-0.2, -0.15) is 5.10 Å². The smallest absolute Gasteiger partial charge is 0.291 e. The van der Waals surface area contributed by atoms with Crippen LogP contribution in [0.4, 0.5) is 11.4 Å². The Hall–Kier alpha value is -5.35. The number of pyridine rings is 1. The summed E-state index contributed by atoms with van der Waals surface area (Å²) in [5.41, 5.74) is 7.96. The number of thiophene rings is 1. The maximum absolute atomic E-state index is 14.0. The molecular formula is C46H53N9O4S2. The van der Waals surface area contributed by atoms with Crippen LogP contribution >= 0.6 is 22.7 Å². The van der Waals surface area contributed by atoms with Gasteiger partial charge >= 0.3 is 0 Å². The minimum Gasteiger partial charge on any atom is -0.497 e. The maximum atomic E-state index is 14.0. The van der Waals surface area contributed by atoms with Crippen LogP contribution in [0.2, 0.25) is 0 Å². The van der Waals surface area contributed by atoms with Crippen molar-refractivity contribution in [3.05, 3.63) is 103 Å². The number of amides is 1. The second-order valence-corrected chi connectivity index (χ2v) is 18.3. The fourth-order valence-corrected chi connectivity index (χ4v) is 10.8.